The molecule has 0 spiro atoms. The van der Waals surface area contributed by atoms with Crippen LogP contribution >= 0.6 is 0 Å². The number of benzene rings is 3. The Balaban J connectivity index is 1.59. The zero-order valence-electron chi connectivity index (χ0n) is 24.1. The molecule has 13 nitrogen and oxygen atoms in total. The molecule has 0 N–H and O–H groups in total. The summed E-state index contributed by atoms with van der Waals surface area (Å²) in [7, 11) is 1.60. The molecule has 2 aromatic heterocycles. The number of nitrogens with zero attached hydrogens (tertiary/aromatic N) is 6. The molecule has 0 saturated carbocycles. The van der Waals surface area contributed by atoms with Gasteiger partial charge >= 0.3 is 5.69 Å². The summed E-state index contributed by atoms with van der Waals surface area (Å²) in [6.07, 6.45) is 2.31. The van der Waals surface area contributed by atoms with Crippen LogP contribution in [0.1, 0.15) is 36.5 Å². The fourth-order valence-electron chi connectivity index (χ4n) is 4.59. The maximum absolute atomic E-state index is 13.7. The van der Waals surface area contributed by atoms with Crippen LogP contribution < -0.4 is 15.0 Å². The van der Waals surface area contributed by atoms with Crippen LogP contribution in [0.4, 0.5) is 11.4 Å². The van der Waals surface area contributed by atoms with Crippen LogP contribution in [0.15, 0.2) is 82.8 Å². The molecule has 0 aliphatic heterocycles. The molecule has 5 aromatic rings. The number of hydrogen-bond acceptors (Lipinski definition) is 10. The van der Waals surface area contributed by atoms with Gasteiger partial charge in [-0.3, -0.25) is 25.0 Å². The van der Waals surface area contributed by atoms with Crippen LogP contribution in [-0.2, 0) is 0 Å². The molecule has 3 aromatic carbocycles. The fraction of sp³-hybridized carbons (Fsp3) is 0.161. The van der Waals surface area contributed by atoms with Crippen molar-refractivity contribution in [2.45, 2.75) is 26.7 Å². The van der Waals surface area contributed by atoms with E-state index in [1.807, 2.05) is 32.9 Å². The third-order valence-corrected chi connectivity index (χ3v) is 6.84. The van der Waals surface area contributed by atoms with Crippen molar-refractivity contribution in [2.75, 3.05) is 7.11 Å². The second kappa shape index (κ2) is 12.1. The summed E-state index contributed by atoms with van der Waals surface area (Å²) in [5, 5.41) is 27.6. The maximum Gasteiger partial charge on any atom is 0.312 e. The molecule has 0 saturated heterocycles. The summed E-state index contributed by atoms with van der Waals surface area (Å²) < 4.78 is 12.3. The third kappa shape index (κ3) is 5.83. The number of fused-ring (bicyclic) bond motifs is 1. The molecular formula is C31H26N6O7. The third-order valence-electron chi connectivity index (χ3n) is 6.84. The van der Waals surface area contributed by atoms with E-state index in [-0.39, 0.29) is 23.2 Å². The highest BCUT2D eigenvalue weighted by molar-refractivity contribution is 5.83. The van der Waals surface area contributed by atoms with Gasteiger partial charge in [-0.25, -0.2) is 9.97 Å². The number of ether oxygens (including phenoxy) is 2. The monoisotopic (exact) mass is 594 g/mol. The molecule has 44 heavy (non-hydrogen) atoms. The van der Waals surface area contributed by atoms with Crippen LogP contribution in [0, 0.1) is 27.2 Å². The second-order valence-corrected chi connectivity index (χ2v) is 10.1. The average molecular weight is 595 g/mol. The number of methoxy groups -OCH3 is 1. The summed E-state index contributed by atoms with van der Waals surface area (Å²) in [5.41, 5.74) is 2.17. The summed E-state index contributed by atoms with van der Waals surface area (Å²) >= 11 is 0. The zero-order valence-corrected chi connectivity index (χ0v) is 24.1. The van der Waals surface area contributed by atoms with E-state index in [1.165, 1.54) is 41.2 Å². The Morgan fingerprint density at radius 2 is 1.75 bits per heavy atom. The highest BCUT2D eigenvalue weighted by Gasteiger charge is 2.20. The highest BCUT2D eigenvalue weighted by atomic mass is 16.6. The minimum Gasteiger partial charge on any atom is -0.496 e. The Kier molecular flexibility index (Phi) is 8.11. The minimum absolute atomic E-state index is 0.0609. The number of pyridine rings is 1. The first kappa shape index (κ1) is 29.5. The molecular weight excluding hydrogens is 568 g/mol. The number of hydrogen-bond donors (Lipinski definition) is 0. The number of nitro groups is 2. The van der Waals surface area contributed by atoms with E-state index >= 15 is 0 Å². The van der Waals surface area contributed by atoms with E-state index in [2.05, 4.69) is 10.1 Å². The summed E-state index contributed by atoms with van der Waals surface area (Å²) in [6.45, 7) is 5.96. The Morgan fingerprint density at radius 3 is 2.41 bits per heavy atom. The van der Waals surface area contributed by atoms with Gasteiger partial charge in [0.15, 0.2) is 5.82 Å². The number of para-hydroxylation sites is 1. The average Bonchev–Trinajstić information content (AvgIpc) is 3.01. The Labute approximate surface area is 250 Å². The largest absolute Gasteiger partial charge is 0.496 e. The van der Waals surface area contributed by atoms with Crippen LogP contribution in [-0.4, -0.2) is 37.8 Å². The molecule has 0 radical (unpaired) electrons. The van der Waals surface area contributed by atoms with Crippen molar-refractivity contribution in [3.63, 3.8) is 0 Å². The van der Waals surface area contributed by atoms with Gasteiger partial charge in [0.05, 0.1) is 34.1 Å². The van der Waals surface area contributed by atoms with Crippen molar-refractivity contribution >= 4 is 28.5 Å². The molecule has 0 unspecified atom stereocenters. The minimum atomic E-state index is -0.637. The Bertz CT molecular complexity index is 2000. The van der Waals surface area contributed by atoms with Gasteiger partial charge in [0.1, 0.15) is 11.9 Å². The van der Waals surface area contributed by atoms with Gasteiger partial charge in [0, 0.05) is 29.3 Å². The van der Waals surface area contributed by atoms with Gasteiger partial charge in [0.25, 0.3) is 11.2 Å². The molecule has 222 valence electrons. The number of aryl methyl sites for hydroxylation is 1. The molecule has 0 aliphatic rings. The smallest absolute Gasteiger partial charge is 0.312 e. The van der Waals surface area contributed by atoms with Gasteiger partial charge in [-0.2, -0.15) is 9.78 Å². The predicted molar refractivity (Wildman–Crippen MR) is 164 cm³/mol. The lowest BCUT2D eigenvalue weighted by Gasteiger charge is -2.17. The van der Waals surface area contributed by atoms with Crippen molar-refractivity contribution in [1.29, 1.82) is 0 Å². The lowest BCUT2D eigenvalue weighted by atomic mass is 9.96. The topological polar surface area (TPSA) is 165 Å². The van der Waals surface area contributed by atoms with Crippen molar-refractivity contribution in [3.05, 3.63) is 120 Å². The molecule has 0 atom stereocenters. The second-order valence-electron chi connectivity index (χ2n) is 10.1. The van der Waals surface area contributed by atoms with Crippen molar-refractivity contribution in [3.8, 4) is 28.8 Å². The quantitative estimate of drug-likeness (QED) is 0.107. The van der Waals surface area contributed by atoms with Crippen LogP contribution in [0.3, 0.4) is 0 Å². The van der Waals surface area contributed by atoms with Crippen molar-refractivity contribution in [2.24, 2.45) is 5.10 Å². The lowest BCUT2D eigenvalue weighted by molar-refractivity contribution is -0.385. The lowest BCUT2D eigenvalue weighted by Crippen LogP contribution is -2.20. The van der Waals surface area contributed by atoms with Crippen molar-refractivity contribution < 1.29 is 19.3 Å². The maximum atomic E-state index is 13.7. The molecule has 2 heterocycles. The molecule has 13 heteroatoms. The summed E-state index contributed by atoms with van der Waals surface area (Å²) in [5.74, 6) is 0.947. The molecule has 5 rings (SSSR count). The summed E-state index contributed by atoms with van der Waals surface area (Å²) in [4.78, 5) is 43.8. The first-order valence-electron chi connectivity index (χ1n) is 13.4. The van der Waals surface area contributed by atoms with E-state index in [4.69, 9.17) is 14.5 Å². The van der Waals surface area contributed by atoms with Crippen molar-refractivity contribution in [1.82, 2.24) is 14.6 Å². The molecule has 0 bridgehead atoms. The fourth-order valence-corrected chi connectivity index (χ4v) is 4.59. The molecule has 0 aliphatic carbocycles. The Hall–Kier alpha value is -5.98. The number of aromatic nitrogens is 3. The van der Waals surface area contributed by atoms with Gasteiger partial charge in [-0.05, 0) is 60.4 Å². The molecule has 0 amide bonds. The highest BCUT2D eigenvalue weighted by Crippen LogP contribution is 2.34. The molecule has 0 fully saturated rings. The van der Waals surface area contributed by atoms with E-state index in [1.54, 1.807) is 31.4 Å². The Morgan fingerprint density at radius 1 is 0.977 bits per heavy atom. The normalized spacial score (nSPS) is 11.3. The van der Waals surface area contributed by atoms with E-state index in [0.29, 0.717) is 27.9 Å². The van der Waals surface area contributed by atoms with E-state index < -0.39 is 21.1 Å². The van der Waals surface area contributed by atoms with Crippen LogP contribution in [0.25, 0.3) is 22.3 Å². The van der Waals surface area contributed by atoms with Gasteiger partial charge in [0.2, 0.25) is 11.6 Å². The van der Waals surface area contributed by atoms with Crippen LogP contribution in [0.5, 0.6) is 17.4 Å². The van der Waals surface area contributed by atoms with E-state index in [0.717, 1.165) is 23.1 Å². The number of rotatable bonds is 9. The SMILES string of the molecule is COc1cc(C)c(-c2nc3ccccc3c(=O)n2N=Cc2ccc(Oc3ccc([N+](=O)[O-])cn3)c([N+](=O)[O-])c2)cc1C(C)C. The predicted octanol–water partition coefficient (Wildman–Crippen LogP) is 6.39. The summed E-state index contributed by atoms with van der Waals surface area (Å²) in [6, 6.07) is 17.3. The standard InChI is InChI=1S/C31H26N6O7/c1-18(2)23-15-24(19(3)13-28(23)43-4)30-34-25-8-6-5-7-22(25)31(38)35(30)33-16-20-9-11-27(26(14-20)37(41)42)44-29-12-10-21(17-32-29)36(39)40/h5-18H,1-4H3. The zero-order chi connectivity index (χ0) is 31.5. The van der Waals surface area contributed by atoms with E-state index in [9.17, 15) is 25.0 Å². The van der Waals surface area contributed by atoms with Gasteiger partial charge in [-0.1, -0.05) is 26.0 Å². The van der Waals surface area contributed by atoms with Crippen LogP contribution in [0.2, 0.25) is 0 Å². The first-order chi connectivity index (χ1) is 21.1. The first-order valence-corrected chi connectivity index (χ1v) is 13.4. The van der Waals surface area contributed by atoms with Gasteiger partial charge < -0.3 is 9.47 Å². The number of nitro benzene ring substituents is 1. The van der Waals surface area contributed by atoms with Gasteiger partial charge in [-0.15, -0.1) is 0 Å².